The Morgan fingerprint density at radius 1 is 1.33 bits per heavy atom. The highest BCUT2D eigenvalue weighted by molar-refractivity contribution is 9.10. The maximum Gasteiger partial charge on any atom is 0.436 e. The van der Waals surface area contributed by atoms with Crippen molar-refractivity contribution < 1.29 is 22.6 Å². The van der Waals surface area contributed by atoms with E-state index in [4.69, 9.17) is 21.7 Å². The molecule has 0 atom stereocenters. The number of ether oxygens (including phenoxy) is 2. The van der Waals surface area contributed by atoms with Crippen LogP contribution in [0.15, 0.2) is 22.7 Å². The van der Waals surface area contributed by atoms with Gasteiger partial charge < -0.3 is 20.1 Å². The van der Waals surface area contributed by atoms with E-state index < -0.39 is 11.9 Å². The summed E-state index contributed by atoms with van der Waals surface area (Å²) in [6.45, 7) is 2.60. The number of anilines is 1. The number of benzene rings is 1. The van der Waals surface area contributed by atoms with Crippen LogP contribution in [0.1, 0.15) is 17.8 Å². The lowest BCUT2D eigenvalue weighted by Gasteiger charge is -2.11. The Labute approximate surface area is 167 Å². The average molecular weight is 465 g/mol. The minimum atomic E-state index is -4.48. The third-order valence-electron chi connectivity index (χ3n) is 3.86. The van der Waals surface area contributed by atoms with Crippen molar-refractivity contribution in [3.63, 3.8) is 0 Å². The third kappa shape index (κ3) is 4.64. The van der Waals surface area contributed by atoms with Crippen LogP contribution >= 0.6 is 28.1 Å². The quantitative estimate of drug-likeness (QED) is 0.513. The zero-order valence-electron chi connectivity index (χ0n) is 14.2. The number of nitrogens with zero attached hydrogens (tertiary/aromatic N) is 2. The summed E-state index contributed by atoms with van der Waals surface area (Å²) in [7, 11) is 0. The smallest absolute Gasteiger partial charge is 0.436 e. The highest BCUT2D eigenvalue weighted by Gasteiger charge is 2.37. The molecule has 0 bridgehead atoms. The molecule has 0 saturated carbocycles. The van der Waals surface area contributed by atoms with Crippen molar-refractivity contribution in [3.05, 3.63) is 34.1 Å². The van der Waals surface area contributed by atoms with Crippen molar-refractivity contribution in [2.75, 3.05) is 18.7 Å². The van der Waals surface area contributed by atoms with Gasteiger partial charge in [-0.25, -0.2) is 0 Å². The molecule has 11 heteroatoms. The van der Waals surface area contributed by atoms with Crippen molar-refractivity contribution in [2.45, 2.75) is 26.1 Å². The summed E-state index contributed by atoms with van der Waals surface area (Å²) in [6.07, 6.45) is -3.93. The molecule has 0 unspecified atom stereocenters. The number of rotatable bonds is 5. The first-order valence-corrected chi connectivity index (χ1v) is 9.20. The Kier molecular flexibility index (Phi) is 5.80. The first kappa shape index (κ1) is 19.7. The summed E-state index contributed by atoms with van der Waals surface area (Å²) in [5.74, 6) is 1.32. The van der Waals surface area contributed by atoms with Crippen molar-refractivity contribution >= 4 is 38.9 Å². The predicted octanol–water partition coefficient (Wildman–Crippen LogP) is 4.08. The molecule has 27 heavy (non-hydrogen) atoms. The molecule has 2 heterocycles. The van der Waals surface area contributed by atoms with Crippen LogP contribution in [-0.4, -0.2) is 28.2 Å². The molecule has 0 amide bonds. The van der Waals surface area contributed by atoms with Crippen LogP contribution in [0.3, 0.4) is 0 Å². The molecule has 6 nitrogen and oxygen atoms in total. The van der Waals surface area contributed by atoms with Gasteiger partial charge in [-0.05, 0) is 53.6 Å². The molecule has 2 N–H and O–H groups in total. The van der Waals surface area contributed by atoms with Crippen LogP contribution in [0.4, 0.5) is 18.9 Å². The molecule has 1 aromatic carbocycles. The van der Waals surface area contributed by atoms with Gasteiger partial charge in [0.05, 0.1) is 10.2 Å². The van der Waals surface area contributed by atoms with Gasteiger partial charge in [0.25, 0.3) is 0 Å². The van der Waals surface area contributed by atoms with Crippen LogP contribution in [0.2, 0.25) is 0 Å². The maximum absolute atomic E-state index is 12.9. The molecule has 0 saturated heterocycles. The normalized spacial score (nSPS) is 12.9. The zero-order chi connectivity index (χ0) is 19.6. The van der Waals surface area contributed by atoms with Gasteiger partial charge in [-0.15, -0.1) is 0 Å². The average Bonchev–Trinajstić information content (AvgIpc) is 3.17. The summed E-state index contributed by atoms with van der Waals surface area (Å²) in [5, 5.41) is 10.1. The topological polar surface area (TPSA) is 60.3 Å². The molecular weight excluding hydrogens is 449 g/mol. The van der Waals surface area contributed by atoms with Gasteiger partial charge in [-0.2, -0.15) is 18.3 Å². The van der Waals surface area contributed by atoms with Gasteiger partial charge >= 0.3 is 6.18 Å². The second-order valence-electron chi connectivity index (χ2n) is 5.77. The Bertz CT molecular complexity index is 857. The van der Waals surface area contributed by atoms with Crippen LogP contribution in [0.25, 0.3) is 0 Å². The van der Waals surface area contributed by atoms with E-state index in [0.717, 1.165) is 5.69 Å². The van der Waals surface area contributed by atoms with Gasteiger partial charge in [-0.1, -0.05) is 0 Å². The van der Waals surface area contributed by atoms with Crippen LogP contribution in [0, 0.1) is 6.92 Å². The molecule has 0 spiro atoms. The molecule has 0 radical (unpaired) electrons. The van der Waals surface area contributed by atoms with E-state index in [2.05, 4.69) is 31.7 Å². The Morgan fingerprint density at radius 2 is 2.07 bits per heavy atom. The molecule has 0 aliphatic carbocycles. The van der Waals surface area contributed by atoms with E-state index in [-0.39, 0.29) is 11.3 Å². The van der Waals surface area contributed by atoms with Gasteiger partial charge in [-0.3, -0.25) is 4.68 Å². The van der Waals surface area contributed by atoms with E-state index >= 15 is 0 Å². The highest BCUT2D eigenvalue weighted by atomic mass is 79.9. The Balaban J connectivity index is 1.47. The molecule has 1 aromatic heterocycles. The molecule has 146 valence electrons. The van der Waals surface area contributed by atoms with Crippen LogP contribution in [-0.2, 0) is 12.7 Å². The minimum absolute atomic E-state index is 0.0250. The number of aromatic nitrogens is 2. The number of hydrogen-bond donors (Lipinski definition) is 2. The van der Waals surface area contributed by atoms with Crippen molar-refractivity contribution in [3.8, 4) is 11.5 Å². The van der Waals surface area contributed by atoms with Crippen molar-refractivity contribution in [1.82, 2.24) is 15.1 Å². The first-order chi connectivity index (χ1) is 12.8. The van der Waals surface area contributed by atoms with Crippen molar-refractivity contribution in [2.24, 2.45) is 0 Å². The summed E-state index contributed by atoms with van der Waals surface area (Å²) in [4.78, 5) is 0. The number of fused-ring (bicyclic) bond motifs is 1. The summed E-state index contributed by atoms with van der Waals surface area (Å²) in [5.41, 5.74) is 0.273. The molecule has 1 aliphatic rings. The SMILES string of the molecule is Cc1c(Br)c(C(F)(F)F)nn1CCCNC(=S)Nc1ccc2c(c1)OCO2. The van der Waals surface area contributed by atoms with Crippen molar-refractivity contribution in [1.29, 1.82) is 0 Å². The van der Waals surface area contributed by atoms with Gasteiger partial charge in [0.2, 0.25) is 6.79 Å². The predicted molar refractivity (Wildman–Crippen MR) is 101 cm³/mol. The fourth-order valence-corrected chi connectivity index (χ4v) is 3.23. The number of hydrogen-bond acceptors (Lipinski definition) is 4. The van der Waals surface area contributed by atoms with Gasteiger partial charge in [0.1, 0.15) is 0 Å². The first-order valence-electron chi connectivity index (χ1n) is 8.00. The molecular formula is C16H16BrF3N4O2S. The second kappa shape index (κ2) is 7.93. The fourth-order valence-electron chi connectivity index (χ4n) is 2.50. The lowest BCUT2D eigenvalue weighted by molar-refractivity contribution is -0.142. The summed E-state index contributed by atoms with van der Waals surface area (Å²) >= 11 is 8.18. The number of thiocarbonyl (C=S) groups is 1. The maximum atomic E-state index is 12.9. The second-order valence-corrected chi connectivity index (χ2v) is 6.97. The van der Waals surface area contributed by atoms with Crippen LogP contribution < -0.4 is 20.1 Å². The molecule has 3 rings (SSSR count). The van der Waals surface area contributed by atoms with Crippen LogP contribution in [0.5, 0.6) is 11.5 Å². The standard InChI is InChI=1S/C16H16BrF3N4O2S/c1-9-13(17)14(16(18,19)20)23-24(9)6-2-5-21-15(27)22-10-3-4-11-12(7-10)26-8-25-11/h3-4,7H,2,5-6,8H2,1H3,(H2,21,22,27). The monoisotopic (exact) mass is 464 g/mol. The Morgan fingerprint density at radius 3 is 2.78 bits per heavy atom. The van der Waals surface area contributed by atoms with E-state index in [1.165, 1.54) is 4.68 Å². The fraction of sp³-hybridized carbons (Fsp3) is 0.375. The molecule has 0 fully saturated rings. The molecule has 1 aliphatic heterocycles. The largest absolute Gasteiger partial charge is 0.454 e. The third-order valence-corrected chi connectivity index (χ3v) is 5.06. The number of alkyl halides is 3. The van der Waals surface area contributed by atoms with Gasteiger partial charge in [0.15, 0.2) is 22.3 Å². The lowest BCUT2D eigenvalue weighted by atomic mass is 10.3. The number of nitrogens with one attached hydrogen (secondary N) is 2. The lowest BCUT2D eigenvalue weighted by Crippen LogP contribution is -2.29. The highest BCUT2D eigenvalue weighted by Crippen LogP contribution is 2.35. The van der Waals surface area contributed by atoms with Gasteiger partial charge in [0, 0.05) is 24.8 Å². The van der Waals surface area contributed by atoms with E-state index in [0.29, 0.717) is 41.8 Å². The molecule has 2 aromatic rings. The minimum Gasteiger partial charge on any atom is -0.454 e. The summed E-state index contributed by atoms with van der Waals surface area (Å²) < 4.78 is 50.4. The Hall–Kier alpha value is -2.01. The van der Waals surface area contributed by atoms with E-state index in [9.17, 15) is 13.2 Å². The zero-order valence-corrected chi connectivity index (χ0v) is 16.6. The van der Waals surface area contributed by atoms with E-state index in [1.807, 2.05) is 6.07 Å². The van der Waals surface area contributed by atoms with E-state index in [1.54, 1.807) is 19.1 Å². The number of halogens is 4. The number of aryl methyl sites for hydroxylation is 1. The summed E-state index contributed by atoms with van der Waals surface area (Å²) in [6, 6.07) is 5.37.